The number of thiophene rings is 1. The molecule has 0 spiro atoms. The molecule has 0 saturated heterocycles. The molecule has 0 aliphatic heterocycles. The van der Waals surface area contributed by atoms with Crippen molar-refractivity contribution in [2.45, 2.75) is 51.4 Å². The monoisotopic (exact) mass is 538 g/mol. The molecule has 0 radical (unpaired) electrons. The highest BCUT2D eigenvalue weighted by Gasteiger charge is 2.28. The zero-order valence-electron chi connectivity index (χ0n) is 19.2. The topological polar surface area (TPSA) is 95.3 Å². The van der Waals surface area contributed by atoms with E-state index in [-0.39, 0.29) is 29.9 Å². The molecule has 0 bridgehead atoms. The maximum absolute atomic E-state index is 13.3. The number of esters is 1. The van der Waals surface area contributed by atoms with Gasteiger partial charge in [-0.1, -0.05) is 23.4 Å². The third kappa shape index (κ3) is 5.79. The quantitative estimate of drug-likeness (QED) is 0.282. The summed E-state index contributed by atoms with van der Waals surface area (Å²) in [5.41, 5.74) is 1.48. The summed E-state index contributed by atoms with van der Waals surface area (Å²) >= 11 is 8.48. The first kappa shape index (κ1) is 25.5. The van der Waals surface area contributed by atoms with Crippen LogP contribution >= 0.6 is 34.7 Å². The maximum atomic E-state index is 13.3. The van der Waals surface area contributed by atoms with Gasteiger partial charge in [-0.05, 0) is 50.8 Å². The lowest BCUT2D eigenvalue weighted by Crippen LogP contribution is -2.17. The fourth-order valence-electron chi connectivity index (χ4n) is 3.77. The lowest BCUT2D eigenvalue weighted by molar-refractivity contribution is -0.113. The highest BCUT2D eigenvalue weighted by atomic mass is 35.5. The summed E-state index contributed by atoms with van der Waals surface area (Å²) in [6, 6.07) is 4.12. The number of rotatable bonds is 10. The Balaban J connectivity index is 1.38. The second-order valence-electron chi connectivity index (χ2n) is 7.63. The molecule has 1 aliphatic carbocycles. The van der Waals surface area contributed by atoms with Crippen molar-refractivity contribution in [1.82, 2.24) is 14.8 Å². The lowest BCUT2D eigenvalue weighted by atomic mass is 10.1. The van der Waals surface area contributed by atoms with Gasteiger partial charge in [0.1, 0.15) is 23.2 Å². The van der Waals surface area contributed by atoms with Crippen LogP contribution in [0.25, 0.3) is 0 Å². The van der Waals surface area contributed by atoms with Gasteiger partial charge in [-0.15, -0.1) is 21.5 Å². The molecule has 0 atom stereocenters. The lowest BCUT2D eigenvalue weighted by Gasteiger charge is -2.10. The summed E-state index contributed by atoms with van der Waals surface area (Å²) < 4.78 is 26.1. The Bertz CT molecular complexity index is 1250. The number of anilines is 1. The van der Waals surface area contributed by atoms with Crippen molar-refractivity contribution in [3.05, 3.63) is 50.9 Å². The highest BCUT2D eigenvalue weighted by Crippen LogP contribution is 2.39. The maximum Gasteiger partial charge on any atom is 0.341 e. The van der Waals surface area contributed by atoms with Crippen molar-refractivity contribution in [1.29, 1.82) is 0 Å². The molecule has 1 aliphatic rings. The van der Waals surface area contributed by atoms with Crippen molar-refractivity contribution in [2.75, 3.05) is 17.7 Å². The molecule has 0 saturated carbocycles. The molecule has 2 heterocycles. The van der Waals surface area contributed by atoms with Crippen LogP contribution in [0.4, 0.5) is 9.39 Å². The Kier molecular flexibility index (Phi) is 8.30. The van der Waals surface area contributed by atoms with E-state index in [0.717, 1.165) is 29.7 Å². The van der Waals surface area contributed by atoms with Crippen molar-refractivity contribution >= 4 is 51.6 Å². The molecular formula is C23H24ClFN4O4S2. The van der Waals surface area contributed by atoms with E-state index in [1.165, 1.54) is 41.3 Å². The molecule has 186 valence electrons. The van der Waals surface area contributed by atoms with Crippen LogP contribution in [-0.2, 0) is 35.5 Å². The van der Waals surface area contributed by atoms with E-state index in [4.69, 9.17) is 21.1 Å². The molecule has 0 fully saturated rings. The van der Waals surface area contributed by atoms with Crippen molar-refractivity contribution in [2.24, 2.45) is 0 Å². The Labute approximate surface area is 215 Å². The number of hydrogen-bond donors (Lipinski definition) is 1. The largest absolute Gasteiger partial charge is 0.486 e. The third-order valence-electron chi connectivity index (χ3n) is 5.35. The number of carbonyl (C=O) groups excluding carboxylic acids is 2. The minimum atomic E-state index is -0.519. The van der Waals surface area contributed by atoms with Gasteiger partial charge >= 0.3 is 5.97 Å². The number of aryl methyl sites for hydroxylation is 1. The third-order valence-corrected chi connectivity index (χ3v) is 7.82. The van der Waals surface area contributed by atoms with Crippen LogP contribution in [0.1, 0.15) is 46.9 Å². The van der Waals surface area contributed by atoms with Crippen LogP contribution in [0.5, 0.6) is 5.75 Å². The summed E-state index contributed by atoms with van der Waals surface area (Å²) in [5.74, 6) is -0.0880. The average Bonchev–Trinajstić information content (AvgIpc) is 3.52. The number of hydrogen-bond acceptors (Lipinski definition) is 8. The number of nitrogens with one attached hydrogen (secondary N) is 1. The summed E-state index contributed by atoms with van der Waals surface area (Å²) in [5, 5.41) is 12.3. The van der Waals surface area contributed by atoms with Gasteiger partial charge in [0.15, 0.2) is 11.0 Å². The summed E-state index contributed by atoms with van der Waals surface area (Å²) in [4.78, 5) is 26.4. The van der Waals surface area contributed by atoms with Crippen LogP contribution in [0.2, 0.25) is 5.02 Å². The minimum absolute atomic E-state index is 0.0243. The van der Waals surface area contributed by atoms with Crippen LogP contribution < -0.4 is 10.1 Å². The number of fused-ring (bicyclic) bond motifs is 1. The molecule has 12 heteroatoms. The Hall–Kier alpha value is -2.63. The normalized spacial score (nSPS) is 12.5. The smallest absolute Gasteiger partial charge is 0.341 e. The number of amides is 1. The molecule has 35 heavy (non-hydrogen) atoms. The number of aromatic nitrogens is 3. The van der Waals surface area contributed by atoms with E-state index < -0.39 is 11.8 Å². The van der Waals surface area contributed by atoms with Gasteiger partial charge in [-0.2, -0.15) is 0 Å². The first-order valence-corrected chi connectivity index (χ1v) is 13.3. The fraction of sp³-hybridized carbons (Fsp3) is 0.391. The molecule has 1 N–H and O–H groups in total. The first-order valence-electron chi connectivity index (χ1n) is 11.1. The number of carbonyl (C=O) groups is 2. The van der Waals surface area contributed by atoms with E-state index in [1.54, 1.807) is 6.92 Å². The summed E-state index contributed by atoms with van der Waals surface area (Å²) in [7, 11) is 0. The van der Waals surface area contributed by atoms with E-state index in [1.807, 2.05) is 11.5 Å². The second-order valence-corrected chi connectivity index (χ2v) is 10.1. The van der Waals surface area contributed by atoms with Gasteiger partial charge in [0, 0.05) is 17.5 Å². The average molecular weight is 539 g/mol. The van der Waals surface area contributed by atoms with Gasteiger partial charge in [-0.3, -0.25) is 4.79 Å². The van der Waals surface area contributed by atoms with Crippen molar-refractivity contribution < 1.29 is 23.5 Å². The zero-order chi connectivity index (χ0) is 24.9. The van der Waals surface area contributed by atoms with Gasteiger partial charge in [0.2, 0.25) is 5.91 Å². The number of benzene rings is 1. The molecule has 0 unspecified atom stereocenters. The van der Waals surface area contributed by atoms with Crippen LogP contribution in [-0.4, -0.2) is 39.0 Å². The summed E-state index contributed by atoms with van der Waals surface area (Å²) in [6.07, 6.45) is 2.73. The Morgan fingerprint density at radius 1 is 1.29 bits per heavy atom. The number of thioether (sulfide) groups is 1. The molecule has 2 aromatic heterocycles. The van der Waals surface area contributed by atoms with E-state index >= 15 is 0 Å². The van der Waals surface area contributed by atoms with Crippen LogP contribution in [0.15, 0.2) is 23.4 Å². The van der Waals surface area contributed by atoms with Crippen LogP contribution in [0, 0.1) is 5.82 Å². The second kappa shape index (κ2) is 11.4. The predicted molar refractivity (Wildman–Crippen MR) is 133 cm³/mol. The van der Waals surface area contributed by atoms with Gasteiger partial charge in [0.25, 0.3) is 0 Å². The van der Waals surface area contributed by atoms with E-state index in [9.17, 15) is 14.0 Å². The van der Waals surface area contributed by atoms with Gasteiger partial charge < -0.3 is 19.4 Å². The molecule has 1 aromatic carbocycles. The number of ether oxygens (including phenoxy) is 2. The predicted octanol–water partition coefficient (Wildman–Crippen LogP) is 5.13. The molecule has 4 rings (SSSR count). The Morgan fingerprint density at radius 3 is 2.86 bits per heavy atom. The molecule has 3 aromatic rings. The standard InChI is InChI=1S/C23H24ClFN4O4S2/c1-3-29-18(11-33-13-8-9-16(25)15(24)10-13)27-28-23(29)34-12-19(30)26-21-20(22(31)32-4-2)14-6-5-7-17(14)35-21/h8-10H,3-7,11-12H2,1-2H3,(H,26,30). The zero-order valence-corrected chi connectivity index (χ0v) is 21.6. The number of nitrogens with zero attached hydrogens (tertiary/aromatic N) is 3. The van der Waals surface area contributed by atoms with Crippen molar-refractivity contribution in [3.63, 3.8) is 0 Å². The molecular weight excluding hydrogens is 515 g/mol. The van der Waals surface area contributed by atoms with Crippen LogP contribution in [0.3, 0.4) is 0 Å². The fourth-order valence-corrected chi connectivity index (χ4v) is 6.05. The number of halogens is 2. The summed E-state index contributed by atoms with van der Waals surface area (Å²) in [6.45, 7) is 4.66. The first-order chi connectivity index (χ1) is 16.9. The molecule has 8 nitrogen and oxygen atoms in total. The van der Waals surface area contributed by atoms with Gasteiger partial charge in [-0.25, -0.2) is 9.18 Å². The Morgan fingerprint density at radius 2 is 2.11 bits per heavy atom. The van der Waals surface area contributed by atoms with E-state index in [2.05, 4.69) is 15.5 Å². The van der Waals surface area contributed by atoms with Crippen molar-refractivity contribution in [3.8, 4) is 5.75 Å². The molecule has 1 amide bonds. The van der Waals surface area contributed by atoms with Gasteiger partial charge in [0.05, 0.1) is 22.9 Å². The van der Waals surface area contributed by atoms with E-state index in [0.29, 0.717) is 33.8 Å². The minimum Gasteiger partial charge on any atom is -0.486 e. The highest BCUT2D eigenvalue weighted by molar-refractivity contribution is 7.99. The SMILES string of the molecule is CCOC(=O)c1c(NC(=O)CSc2nnc(COc3ccc(F)c(Cl)c3)n2CC)sc2c1CCC2.